The van der Waals surface area contributed by atoms with Gasteiger partial charge in [0.1, 0.15) is 11.0 Å². The fourth-order valence-corrected chi connectivity index (χ4v) is 3.99. The van der Waals surface area contributed by atoms with Gasteiger partial charge in [-0.25, -0.2) is 0 Å². The van der Waals surface area contributed by atoms with Gasteiger partial charge in [-0.1, -0.05) is 72.4 Å². The molecule has 1 aromatic carbocycles. The fraction of sp³-hybridized carbons (Fsp3) is 0.684. The molecule has 0 aromatic heterocycles. The first-order valence-corrected chi connectivity index (χ1v) is 12.4. The Morgan fingerprint density at radius 1 is 1.08 bits per heavy atom. The van der Waals surface area contributed by atoms with Crippen LogP contribution in [0.3, 0.4) is 0 Å². The van der Waals surface area contributed by atoms with Crippen LogP contribution in [0, 0.1) is 0 Å². The summed E-state index contributed by atoms with van der Waals surface area (Å²) in [6.07, 6.45) is 8.32. The second-order valence-corrected chi connectivity index (χ2v) is 8.03. The van der Waals surface area contributed by atoms with Crippen LogP contribution in [0.1, 0.15) is 57.9 Å². The van der Waals surface area contributed by atoms with Crippen molar-refractivity contribution >= 4 is 33.8 Å². The van der Waals surface area contributed by atoms with E-state index in [4.69, 9.17) is 9.47 Å². The topological polar surface area (TPSA) is 41.5 Å². The Bertz CT molecular complexity index is 456. The van der Waals surface area contributed by atoms with Gasteiger partial charge in [0.25, 0.3) is 0 Å². The quantitative estimate of drug-likeness (QED) is 0.198. The van der Waals surface area contributed by atoms with E-state index in [0.717, 1.165) is 30.1 Å². The van der Waals surface area contributed by atoms with E-state index in [9.17, 15) is 4.55 Å². The first kappa shape index (κ1) is 21.9. The van der Waals surface area contributed by atoms with Crippen LogP contribution >= 0.6 is 22.6 Å². The van der Waals surface area contributed by atoms with Crippen LogP contribution in [0.25, 0.3) is 0 Å². The van der Waals surface area contributed by atoms with Crippen molar-refractivity contribution in [2.24, 2.45) is 0 Å². The smallest absolute Gasteiger partial charge is 0.231 e. The lowest BCUT2D eigenvalue weighted by atomic mass is 10.1. The van der Waals surface area contributed by atoms with E-state index < -0.39 is 11.2 Å². The molecule has 1 aliphatic rings. The van der Waals surface area contributed by atoms with Gasteiger partial charge in [-0.15, -0.1) is 0 Å². The van der Waals surface area contributed by atoms with Crippen LogP contribution < -0.4 is 9.47 Å². The maximum absolute atomic E-state index is 12.3. The van der Waals surface area contributed by atoms with Crippen molar-refractivity contribution < 1.29 is 14.0 Å². The predicted octanol–water partition coefficient (Wildman–Crippen LogP) is 5.51. The third-order valence-corrected chi connectivity index (χ3v) is 5.86. The molecule has 0 radical (unpaired) electrons. The van der Waals surface area contributed by atoms with E-state index in [1.807, 2.05) is 23.1 Å². The molecular formula is C19H31IO3S. The highest BCUT2D eigenvalue weighted by Crippen LogP contribution is 2.33. The number of benzene rings is 1. The summed E-state index contributed by atoms with van der Waals surface area (Å²) in [5, 5.41) is 0.191. The summed E-state index contributed by atoms with van der Waals surface area (Å²) in [6.45, 7) is 4.61. The Kier molecular flexibility index (Phi) is 12.0. The second kappa shape index (κ2) is 13.1. The molecule has 0 saturated carbocycles. The molecule has 1 aromatic rings. The summed E-state index contributed by atoms with van der Waals surface area (Å²) >= 11 is 1.41. The van der Waals surface area contributed by atoms with Gasteiger partial charge in [0.15, 0.2) is 11.5 Å². The van der Waals surface area contributed by atoms with E-state index in [1.54, 1.807) is 0 Å². The van der Waals surface area contributed by atoms with Crippen LogP contribution in [0.5, 0.6) is 11.5 Å². The van der Waals surface area contributed by atoms with Gasteiger partial charge in [-0.3, -0.25) is 0 Å². The SMILES string of the molecule is CCCCCCCC[S+]([O-])C(C)Cc1ccc2c(c1)OCO2.CI. The molecule has 0 fully saturated rings. The predicted molar refractivity (Wildman–Crippen MR) is 112 cm³/mol. The Balaban J connectivity index is 0.00000139. The van der Waals surface area contributed by atoms with Crippen LogP contribution in [0.2, 0.25) is 0 Å². The second-order valence-electron chi connectivity index (χ2n) is 6.05. The third-order valence-electron chi connectivity index (χ3n) is 4.11. The zero-order chi connectivity index (χ0) is 17.8. The minimum absolute atomic E-state index is 0.191. The van der Waals surface area contributed by atoms with E-state index in [1.165, 1.54) is 37.7 Å². The number of rotatable bonds is 10. The number of alkyl halides is 1. The number of hydrogen-bond donors (Lipinski definition) is 0. The average molecular weight is 466 g/mol. The summed E-state index contributed by atoms with van der Waals surface area (Å²) in [6, 6.07) is 6.01. The van der Waals surface area contributed by atoms with Gasteiger partial charge in [0.05, 0.1) is 0 Å². The molecule has 2 unspecified atom stereocenters. The van der Waals surface area contributed by atoms with Crippen LogP contribution in [0.15, 0.2) is 18.2 Å². The summed E-state index contributed by atoms with van der Waals surface area (Å²) in [4.78, 5) is 1.97. The zero-order valence-electron chi connectivity index (χ0n) is 15.2. The highest BCUT2D eigenvalue weighted by Gasteiger charge is 2.19. The molecule has 5 heteroatoms. The molecule has 1 heterocycles. The fourth-order valence-electron chi connectivity index (χ4n) is 2.72. The normalized spacial score (nSPS) is 14.7. The summed E-state index contributed by atoms with van der Waals surface area (Å²) in [5.41, 5.74) is 1.17. The molecule has 0 saturated heterocycles. The molecule has 0 N–H and O–H groups in total. The number of ether oxygens (including phenoxy) is 2. The molecule has 24 heavy (non-hydrogen) atoms. The minimum Gasteiger partial charge on any atom is -0.616 e. The van der Waals surface area contributed by atoms with Crippen molar-refractivity contribution in [3.05, 3.63) is 23.8 Å². The summed E-state index contributed by atoms with van der Waals surface area (Å²) in [7, 11) is 0. The highest BCUT2D eigenvalue weighted by molar-refractivity contribution is 14.1. The van der Waals surface area contributed by atoms with Crippen molar-refractivity contribution in [3.63, 3.8) is 0 Å². The lowest BCUT2D eigenvalue weighted by Gasteiger charge is -2.18. The van der Waals surface area contributed by atoms with Gasteiger partial charge in [0, 0.05) is 6.42 Å². The Hall–Kier alpha value is -0.140. The largest absolute Gasteiger partial charge is 0.616 e. The van der Waals surface area contributed by atoms with E-state index in [0.29, 0.717) is 6.79 Å². The van der Waals surface area contributed by atoms with Crippen LogP contribution in [-0.4, -0.2) is 27.3 Å². The minimum atomic E-state index is -0.743. The van der Waals surface area contributed by atoms with Gasteiger partial charge >= 0.3 is 0 Å². The number of fused-ring (bicyclic) bond motifs is 1. The molecule has 0 spiro atoms. The molecule has 2 atom stereocenters. The first-order chi connectivity index (χ1) is 11.7. The van der Waals surface area contributed by atoms with Gasteiger partial charge in [0.2, 0.25) is 6.79 Å². The summed E-state index contributed by atoms with van der Waals surface area (Å²) < 4.78 is 23.0. The molecule has 3 nitrogen and oxygen atoms in total. The highest BCUT2D eigenvalue weighted by atomic mass is 127. The van der Waals surface area contributed by atoms with Gasteiger partial charge in [-0.05, 0) is 42.4 Å². The Labute approximate surface area is 164 Å². The number of unbranched alkanes of at least 4 members (excludes halogenated alkanes) is 5. The molecule has 0 bridgehead atoms. The number of hydrogen-bond acceptors (Lipinski definition) is 3. The van der Waals surface area contributed by atoms with Crippen LogP contribution in [-0.2, 0) is 17.6 Å². The van der Waals surface area contributed by atoms with Crippen molar-refractivity contribution in [2.45, 2.75) is 64.0 Å². The van der Waals surface area contributed by atoms with Crippen LogP contribution in [0.4, 0.5) is 0 Å². The van der Waals surface area contributed by atoms with E-state index in [-0.39, 0.29) is 5.25 Å². The van der Waals surface area contributed by atoms with E-state index >= 15 is 0 Å². The third kappa shape index (κ3) is 7.83. The van der Waals surface area contributed by atoms with Crippen molar-refractivity contribution in [1.29, 1.82) is 0 Å². The molecule has 0 aliphatic carbocycles. The maximum Gasteiger partial charge on any atom is 0.231 e. The van der Waals surface area contributed by atoms with E-state index in [2.05, 4.69) is 36.4 Å². The molecule has 2 rings (SSSR count). The summed E-state index contributed by atoms with van der Waals surface area (Å²) in [5.74, 6) is 2.45. The van der Waals surface area contributed by atoms with Crippen molar-refractivity contribution in [1.82, 2.24) is 0 Å². The molecule has 0 amide bonds. The Morgan fingerprint density at radius 2 is 1.75 bits per heavy atom. The zero-order valence-corrected chi connectivity index (χ0v) is 18.2. The Morgan fingerprint density at radius 3 is 2.50 bits per heavy atom. The monoisotopic (exact) mass is 466 g/mol. The maximum atomic E-state index is 12.3. The average Bonchev–Trinajstić information content (AvgIpc) is 3.07. The number of halogens is 1. The van der Waals surface area contributed by atoms with Gasteiger partial charge in [-0.2, -0.15) is 0 Å². The molecule has 138 valence electrons. The lowest BCUT2D eigenvalue weighted by Crippen LogP contribution is -2.23. The van der Waals surface area contributed by atoms with Gasteiger partial charge < -0.3 is 14.0 Å². The standard InChI is InChI=1S/C18H28O3S.CH3I/c1-3-4-5-6-7-8-11-22(19)15(2)12-16-9-10-17-18(13-16)21-14-20-17;1-2/h9-10,13,15H,3-8,11-12,14H2,1-2H3;1H3. The van der Waals surface area contributed by atoms with Crippen molar-refractivity contribution in [2.75, 3.05) is 17.5 Å². The molecule has 1 aliphatic heterocycles. The van der Waals surface area contributed by atoms with Crippen molar-refractivity contribution in [3.8, 4) is 11.5 Å². The lowest BCUT2D eigenvalue weighted by molar-refractivity contribution is 0.174. The molecular weight excluding hydrogens is 435 g/mol. The first-order valence-electron chi connectivity index (χ1n) is 8.84.